The number of ether oxygens (including phenoxy) is 1. The maximum atomic E-state index is 11.8. The van der Waals surface area contributed by atoms with Gasteiger partial charge in [0, 0.05) is 6.42 Å². The van der Waals surface area contributed by atoms with Crippen LogP contribution in [0, 0.1) is 0 Å². The summed E-state index contributed by atoms with van der Waals surface area (Å²) in [6, 6.07) is 6.57. The van der Waals surface area contributed by atoms with E-state index >= 15 is 0 Å². The van der Waals surface area contributed by atoms with Crippen molar-refractivity contribution in [2.45, 2.75) is 32.7 Å². The average molecular weight is 290 g/mol. The van der Waals surface area contributed by atoms with Gasteiger partial charge in [0.25, 0.3) is 0 Å². The lowest BCUT2D eigenvalue weighted by atomic mass is 10.1. The molecule has 0 fully saturated rings. The lowest BCUT2D eigenvalue weighted by Gasteiger charge is -2.22. The fourth-order valence-corrected chi connectivity index (χ4v) is 2.30. The predicted molar refractivity (Wildman–Crippen MR) is 78.4 cm³/mol. The zero-order valence-corrected chi connectivity index (χ0v) is 12.1. The van der Waals surface area contributed by atoms with Crippen LogP contribution in [0.4, 0.5) is 5.69 Å². The highest BCUT2D eigenvalue weighted by Gasteiger charge is 2.37. The van der Waals surface area contributed by atoms with Crippen LogP contribution in [-0.4, -0.2) is 35.4 Å². The van der Waals surface area contributed by atoms with E-state index in [0.29, 0.717) is 5.69 Å². The SMILES string of the molecule is CCOC(=O)C1=NN(c2ccccc2CC)C(C(=O)O)C1. The Balaban J connectivity index is 2.37. The van der Waals surface area contributed by atoms with Gasteiger partial charge < -0.3 is 9.84 Å². The van der Waals surface area contributed by atoms with Crippen molar-refractivity contribution in [3.05, 3.63) is 29.8 Å². The minimum Gasteiger partial charge on any atom is -0.480 e. The summed E-state index contributed by atoms with van der Waals surface area (Å²) in [7, 11) is 0. The lowest BCUT2D eigenvalue weighted by molar-refractivity contribution is -0.138. The van der Waals surface area contributed by atoms with Crippen LogP contribution in [-0.2, 0) is 20.7 Å². The van der Waals surface area contributed by atoms with E-state index in [1.165, 1.54) is 5.01 Å². The van der Waals surface area contributed by atoms with Crippen LogP contribution >= 0.6 is 0 Å². The molecule has 0 bridgehead atoms. The number of hydrogen-bond donors (Lipinski definition) is 1. The fraction of sp³-hybridized carbons (Fsp3) is 0.400. The smallest absolute Gasteiger partial charge is 0.354 e. The van der Waals surface area contributed by atoms with Gasteiger partial charge in [-0.25, -0.2) is 9.59 Å². The van der Waals surface area contributed by atoms with Gasteiger partial charge >= 0.3 is 11.9 Å². The number of hydrogen-bond acceptors (Lipinski definition) is 5. The third kappa shape index (κ3) is 3.04. The molecule has 1 heterocycles. The molecule has 6 heteroatoms. The first-order chi connectivity index (χ1) is 10.1. The molecular formula is C15H18N2O4. The summed E-state index contributed by atoms with van der Waals surface area (Å²) < 4.78 is 4.91. The Morgan fingerprint density at radius 3 is 2.71 bits per heavy atom. The average Bonchev–Trinajstić information content (AvgIpc) is 2.92. The molecule has 21 heavy (non-hydrogen) atoms. The number of para-hydroxylation sites is 1. The Hall–Kier alpha value is -2.37. The van der Waals surface area contributed by atoms with E-state index in [2.05, 4.69) is 5.10 Å². The molecule has 0 saturated heterocycles. The summed E-state index contributed by atoms with van der Waals surface area (Å²) in [5.74, 6) is -1.57. The molecular weight excluding hydrogens is 272 g/mol. The Morgan fingerprint density at radius 2 is 2.10 bits per heavy atom. The van der Waals surface area contributed by atoms with Crippen molar-refractivity contribution in [1.82, 2.24) is 0 Å². The minimum absolute atomic E-state index is 0.0478. The molecule has 1 unspecified atom stereocenters. The molecule has 1 aliphatic heterocycles. The van der Waals surface area contributed by atoms with Gasteiger partial charge in [0.2, 0.25) is 0 Å². The zero-order valence-electron chi connectivity index (χ0n) is 12.1. The number of carbonyl (C=O) groups excluding carboxylic acids is 1. The molecule has 1 atom stereocenters. The molecule has 1 aliphatic rings. The molecule has 0 amide bonds. The first kappa shape index (κ1) is 15.0. The van der Waals surface area contributed by atoms with E-state index < -0.39 is 18.0 Å². The van der Waals surface area contributed by atoms with Crippen LogP contribution < -0.4 is 5.01 Å². The van der Waals surface area contributed by atoms with E-state index in [1.54, 1.807) is 6.92 Å². The van der Waals surface area contributed by atoms with Gasteiger partial charge in [-0.3, -0.25) is 5.01 Å². The number of esters is 1. The molecule has 0 aliphatic carbocycles. The van der Waals surface area contributed by atoms with Gasteiger partial charge in [-0.1, -0.05) is 25.1 Å². The van der Waals surface area contributed by atoms with Crippen LogP contribution in [0.2, 0.25) is 0 Å². The number of carbonyl (C=O) groups is 2. The number of rotatable bonds is 5. The molecule has 0 radical (unpaired) electrons. The normalized spacial score (nSPS) is 17.5. The molecule has 112 valence electrons. The maximum absolute atomic E-state index is 11.8. The van der Waals surface area contributed by atoms with Gasteiger partial charge in [-0.2, -0.15) is 5.10 Å². The zero-order chi connectivity index (χ0) is 15.4. The number of benzene rings is 1. The van der Waals surface area contributed by atoms with Crippen LogP contribution in [0.1, 0.15) is 25.8 Å². The number of nitrogens with zero attached hydrogens (tertiary/aromatic N) is 2. The first-order valence-corrected chi connectivity index (χ1v) is 6.93. The summed E-state index contributed by atoms with van der Waals surface area (Å²) in [6.45, 7) is 3.92. The minimum atomic E-state index is -1.01. The maximum Gasteiger partial charge on any atom is 0.354 e. The Labute approximate surface area is 123 Å². The van der Waals surface area contributed by atoms with E-state index in [1.807, 2.05) is 31.2 Å². The number of hydrazone groups is 1. The monoisotopic (exact) mass is 290 g/mol. The van der Waals surface area contributed by atoms with Gasteiger partial charge in [-0.05, 0) is 25.0 Å². The highest BCUT2D eigenvalue weighted by Crippen LogP contribution is 2.28. The molecule has 1 aromatic carbocycles. The molecule has 1 aromatic rings. The quantitative estimate of drug-likeness (QED) is 0.837. The van der Waals surface area contributed by atoms with Gasteiger partial charge in [0.05, 0.1) is 12.3 Å². The number of carboxylic acid groups (broad SMARTS) is 1. The van der Waals surface area contributed by atoms with Crippen molar-refractivity contribution < 1.29 is 19.4 Å². The van der Waals surface area contributed by atoms with E-state index in [0.717, 1.165) is 12.0 Å². The molecule has 1 N–H and O–H groups in total. The van der Waals surface area contributed by atoms with Gasteiger partial charge in [0.1, 0.15) is 5.71 Å². The Kier molecular flexibility index (Phi) is 4.57. The van der Waals surface area contributed by atoms with E-state index in [-0.39, 0.29) is 18.7 Å². The topological polar surface area (TPSA) is 79.2 Å². The molecule has 0 aromatic heterocycles. The second kappa shape index (κ2) is 6.39. The standard InChI is InChI=1S/C15H18N2O4/c1-3-10-7-5-6-8-12(10)17-13(14(18)19)9-11(16-17)15(20)21-4-2/h5-8,13H,3-4,9H2,1-2H3,(H,18,19). The van der Waals surface area contributed by atoms with Crippen LogP contribution in [0.25, 0.3) is 0 Å². The third-order valence-corrected chi connectivity index (χ3v) is 3.33. The number of carboxylic acids is 1. The number of aliphatic carboxylic acids is 1. The largest absolute Gasteiger partial charge is 0.480 e. The molecule has 0 spiro atoms. The summed E-state index contributed by atoms with van der Waals surface area (Å²) >= 11 is 0. The Morgan fingerprint density at radius 1 is 1.38 bits per heavy atom. The summed E-state index contributed by atoms with van der Waals surface area (Å²) in [6.07, 6.45) is 0.801. The van der Waals surface area contributed by atoms with Crippen molar-refractivity contribution >= 4 is 23.3 Å². The van der Waals surface area contributed by atoms with Crippen LogP contribution in [0.5, 0.6) is 0 Å². The molecule has 6 nitrogen and oxygen atoms in total. The highest BCUT2D eigenvalue weighted by molar-refractivity contribution is 6.38. The van der Waals surface area contributed by atoms with E-state index in [9.17, 15) is 14.7 Å². The molecule has 2 rings (SSSR count). The number of aryl methyl sites for hydroxylation is 1. The van der Waals surface area contributed by atoms with Crippen molar-refractivity contribution in [3.8, 4) is 0 Å². The van der Waals surface area contributed by atoms with Crippen molar-refractivity contribution in [1.29, 1.82) is 0 Å². The van der Waals surface area contributed by atoms with Crippen molar-refractivity contribution in [3.63, 3.8) is 0 Å². The third-order valence-electron chi connectivity index (χ3n) is 3.33. The van der Waals surface area contributed by atoms with Gasteiger partial charge in [-0.15, -0.1) is 0 Å². The van der Waals surface area contributed by atoms with Crippen LogP contribution in [0.3, 0.4) is 0 Å². The van der Waals surface area contributed by atoms with Crippen molar-refractivity contribution in [2.75, 3.05) is 11.6 Å². The second-order valence-corrected chi connectivity index (χ2v) is 4.65. The molecule has 0 saturated carbocycles. The van der Waals surface area contributed by atoms with Gasteiger partial charge in [0.15, 0.2) is 6.04 Å². The number of anilines is 1. The fourth-order valence-electron chi connectivity index (χ4n) is 2.30. The lowest BCUT2D eigenvalue weighted by Crippen LogP contribution is -2.35. The second-order valence-electron chi connectivity index (χ2n) is 4.65. The summed E-state index contributed by atoms with van der Waals surface area (Å²) in [5, 5.41) is 15.0. The predicted octanol–water partition coefficient (Wildman–Crippen LogP) is 1.83. The van der Waals surface area contributed by atoms with E-state index in [4.69, 9.17) is 4.74 Å². The first-order valence-electron chi connectivity index (χ1n) is 6.93. The van der Waals surface area contributed by atoms with Crippen LogP contribution in [0.15, 0.2) is 29.4 Å². The van der Waals surface area contributed by atoms with Crippen molar-refractivity contribution in [2.24, 2.45) is 5.10 Å². The summed E-state index contributed by atoms with van der Waals surface area (Å²) in [5.41, 5.74) is 1.85. The Bertz CT molecular complexity index is 583. The summed E-state index contributed by atoms with van der Waals surface area (Å²) in [4.78, 5) is 23.2. The highest BCUT2D eigenvalue weighted by atomic mass is 16.5.